The Labute approximate surface area is 105 Å². The Morgan fingerprint density at radius 1 is 1.24 bits per heavy atom. The predicted molar refractivity (Wildman–Crippen MR) is 72.3 cm³/mol. The molecule has 1 rings (SSSR count). The Balaban J connectivity index is 2.45. The highest BCUT2D eigenvalue weighted by molar-refractivity contribution is 5.27. The van der Waals surface area contributed by atoms with Gasteiger partial charge in [-0.25, -0.2) is 0 Å². The van der Waals surface area contributed by atoms with Crippen LogP contribution in [-0.4, -0.2) is 33.4 Å². The quantitative estimate of drug-likeness (QED) is 0.719. The molecule has 3 nitrogen and oxygen atoms in total. The number of benzene rings is 1. The van der Waals surface area contributed by atoms with Crippen LogP contribution < -0.4 is 10.6 Å². The molecular weight excluding hydrogens is 212 g/mol. The highest BCUT2D eigenvalue weighted by Gasteiger charge is 2.02. The van der Waals surface area contributed by atoms with Crippen molar-refractivity contribution in [2.75, 3.05) is 27.2 Å². The fraction of sp³-hybridized carbons (Fsp3) is 0.571. The maximum Gasteiger partial charge on any atom is 0.0667 e. The first-order valence-corrected chi connectivity index (χ1v) is 6.22. The number of ether oxygens (including phenoxy) is 1. The van der Waals surface area contributed by atoms with Gasteiger partial charge in [0.15, 0.2) is 0 Å². The molecule has 0 amide bonds. The lowest BCUT2D eigenvalue weighted by Gasteiger charge is -2.13. The molecule has 0 aliphatic heterocycles. The maximum atomic E-state index is 5.21. The summed E-state index contributed by atoms with van der Waals surface area (Å²) in [5, 5.41) is 6.61. The van der Waals surface area contributed by atoms with Gasteiger partial charge in [-0.2, -0.15) is 0 Å². The Bertz CT molecular complexity index is 315. The van der Waals surface area contributed by atoms with E-state index in [-0.39, 0.29) is 6.10 Å². The summed E-state index contributed by atoms with van der Waals surface area (Å²) >= 11 is 0. The van der Waals surface area contributed by atoms with Gasteiger partial charge >= 0.3 is 0 Å². The zero-order chi connectivity index (χ0) is 12.5. The summed E-state index contributed by atoms with van der Waals surface area (Å²) in [6, 6.07) is 8.59. The van der Waals surface area contributed by atoms with Crippen molar-refractivity contribution in [2.45, 2.75) is 26.0 Å². The summed E-state index contributed by atoms with van der Waals surface area (Å²) in [5.74, 6) is 0. The normalized spacial score (nSPS) is 12.6. The van der Waals surface area contributed by atoms with Gasteiger partial charge in [0.2, 0.25) is 0 Å². The third-order valence-corrected chi connectivity index (χ3v) is 2.91. The van der Waals surface area contributed by atoms with Gasteiger partial charge in [-0.15, -0.1) is 0 Å². The van der Waals surface area contributed by atoms with Gasteiger partial charge in [-0.1, -0.05) is 24.3 Å². The van der Waals surface area contributed by atoms with Gasteiger partial charge in [-0.05, 0) is 38.1 Å². The largest absolute Gasteiger partial charge is 0.380 e. The standard InChI is InChI=1S/C14H24N2O/c1-12(17-3)10-16-11-14-7-5-4-6-13(14)8-9-15-2/h4-7,12,15-16H,8-11H2,1-3H3. The molecule has 0 saturated carbocycles. The summed E-state index contributed by atoms with van der Waals surface area (Å²) in [4.78, 5) is 0. The molecule has 3 heteroatoms. The van der Waals surface area contributed by atoms with Crippen molar-refractivity contribution in [3.63, 3.8) is 0 Å². The summed E-state index contributed by atoms with van der Waals surface area (Å²) < 4.78 is 5.21. The van der Waals surface area contributed by atoms with Crippen LogP contribution in [0, 0.1) is 0 Å². The van der Waals surface area contributed by atoms with E-state index >= 15 is 0 Å². The Morgan fingerprint density at radius 3 is 2.59 bits per heavy atom. The summed E-state index contributed by atoms with van der Waals surface area (Å²) in [5.41, 5.74) is 2.80. The first-order valence-electron chi connectivity index (χ1n) is 6.22. The molecule has 0 aliphatic carbocycles. The second-order valence-electron chi connectivity index (χ2n) is 4.30. The third kappa shape index (κ3) is 5.31. The Kier molecular flexibility index (Phi) is 6.86. The molecule has 0 aliphatic rings. The van der Waals surface area contributed by atoms with Gasteiger partial charge in [0.05, 0.1) is 6.10 Å². The molecule has 1 aromatic carbocycles. The van der Waals surface area contributed by atoms with Crippen LogP contribution >= 0.6 is 0 Å². The molecule has 0 spiro atoms. The number of hydrogen-bond donors (Lipinski definition) is 2. The van der Waals surface area contributed by atoms with Crippen LogP contribution in [0.25, 0.3) is 0 Å². The molecule has 0 heterocycles. The van der Waals surface area contributed by atoms with E-state index in [9.17, 15) is 0 Å². The van der Waals surface area contributed by atoms with Gasteiger partial charge in [0.1, 0.15) is 0 Å². The summed E-state index contributed by atoms with van der Waals surface area (Å²) in [7, 11) is 3.73. The molecule has 0 fully saturated rings. The molecule has 0 aromatic heterocycles. The highest BCUT2D eigenvalue weighted by atomic mass is 16.5. The van der Waals surface area contributed by atoms with Crippen LogP contribution in [0.5, 0.6) is 0 Å². The Morgan fingerprint density at radius 2 is 1.94 bits per heavy atom. The van der Waals surface area contributed by atoms with E-state index in [1.54, 1.807) is 7.11 Å². The number of methoxy groups -OCH3 is 1. The molecule has 96 valence electrons. The molecule has 1 unspecified atom stereocenters. The zero-order valence-corrected chi connectivity index (χ0v) is 11.1. The number of hydrogen-bond acceptors (Lipinski definition) is 3. The number of likely N-dealkylation sites (N-methyl/N-ethyl adjacent to an activating group) is 1. The fourth-order valence-corrected chi connectivity index (χ4v) is 1.73. The monoisotopic (exact) mass is 236 g/mol. The van der Waals surface area contributed by atoms with Gasteiger partial charge in [0.25, 0.3) is 0 Å². The molecule has 2 N–H and O–H groups in total. The minimum absolute atomic E-state index is 0.263. The summed E-state index contributed by atoms with van der Waals surface area (Å²) in [6.45, 7) is 4.88. The highest BCUT2D eigenvalue weighted by Crippen LogP contribution is 2.09. The van der Waals surface area contributed by atoms with Crippen molar-refractivity contribution in [1.29, 1.82) is 0 Å². The lowest BCUT2D eigenvalue weighted by molar-refractivity contribution is 0.117. The van der Waals surface area contributed by atoms with Crippen molar-refractivity contribution in [3.05, 3.63) is 35.4 Å². The van der Waals surface area contributed by atoms with Crippen LogP contribution in [0.3, 0.4) is 0 Å². The van der Waals surface area contributed by atoms with Gasteiger partial charge in [-0.3, -0.25) is 0 Å². The minimum atomic E-state index is 0.263. The molecule has 1 aromatic rings. The second-order valence-corrected chi connectivity index (χ2v) is 4.30. The van der Waals surface area contributed by atoms with E-state index in [0.717, 1.165) is 26.1 Å². The predicted octanol–water partition coefficient (Wildman–Crippen LogP) is 1.57. The third-order valence-electron chi connectivity index (χ3n) is 2.91. The van der Waals surface area contributed by atoms with Crippen molar-refractivity contribution in [1.82, 2.24) is 10.6 Å². The van der Waals surface area contributed by atoms with Crippen LogP contribution in [0.2, 0.25) is 0 Å². The Hall–Kier alpha value is -0.900. The van der Waals surface area contributed by atoms with Crippen LogP contribution in [0.15, 0.2) is 24.3 Å². The fourth-order valence-electron chi connectivity index (χ4n) is 1.73. The van der Waals surface area contributed by atoms with Crippen molar-refractivity contribution in [2.24, 2.45) is 0 Å². The molecule has 17 heavy (non-hydrogen) atoms. The average molecular weight is 236 g/mol. The second kappa shape index (κ2) is 8.23. The van der Waals surface area contributed by atoms with Crippen LogP contribution in [-0.2, 0) is 17.7 Å². The number of rotatable bonds is 8. The number of nitrogens with one attached hydrogen (secondary N) is 2. The molecule has 0 bridgehead atoms. The lowest BCUT2D eigenvalue weighted by atomic mass is 10.0. The van der Waals surface area contributed by atoms with E-state index in [1.165, 1.54) is 11.1 Å². The van der Waals surface area contributed by atoms with E-state index in [2.05, 4.69) is 41.8 Å². The lowest BCUT2D eigenvalue weighted by Crippen LogP contribution is -2.26. The zero-order valence-electron chi connectivity index (χ0n) is 11.1. The SMILES string of the molecule is CNCCc1ccccc1CNCC(C)OC. The average Bonchev–Trinajstić information content (AvgIpc) is 2.37. The summed E-state index contributed by atoms with van der Waals surface area (Å²) in [6.07, 6.45) is 1.34. The minimum Gasteiger partial charge on any atom is -0.380 e. The first-order chi connectivity index (χ1) is 8.27. The van der Waals surface area contributed by atoms with E-state index in [4.69, 9.17) is 4.74 Å². The van der Waals surface area contributed by atoms with Crippen LogP contribution in [0.4, 0.5) is 0 Å². The van der Waals surface area contributed by atoms with E-state index in [1.807, 2.05) is 7.05 Å². The van der Waals surface area contributed by atoms with Crippen LogP contribution in [0.1, 0.15) is 18.1 Å². The maximum absolute atomic E-state index is 5.21. The smallest absolute Gasteiger partial charge is 0.0667 e. The molecule has 0 radical (unpaired) electrons. The van der Waals surface area contributed by atoms with Gasteiger partial charge in [0, 0.05) is 20.2 Å². The topological polar surface area (TPSA) is 33.3 Å². The molecule has 1 atom stereocenters. The van der Waals surface area contributed by atoms with Gasteiger partial charge < -0.3 is 15.4 Å². The van der Waals surface area contributed by atoms with E-state index in [0.29, 0.717) is 0 Å². The van der Waals surface area contributed by atoms with Crippen molar-refractivity contribution < 1.29 is 4.74 Å². The first kappa shape index (κ1) is 14.2. The van der Waals surface area contributed by atoms with Crippen molar-refractivity contribution in [3.8, 4) is 0 Å². The van der Waals surface area contributed by atoms with Crippen molar-refractivity contribution >= 4 is 0 Å². The molecular formula is C14H24N2O. The van der Waals surface area contributed by atoms with E-state index < -0.39 is 0 Å². The molecule has 0 saturated heterocycles.